The molecule has 0 radical (unpaired) electrons. The second-order valence-electron chi connectivity index (χ2n) is 5.32. The zero-order valence-electron chi connectivity index (χ0n) is 11.7. The number of sulfonamides is 1. The van der Waals surface area contributed by atoms with Gasteiger partial charge in [-0.05, 0) is 12.0 Å². The molecule has 0 saturated carbocycles. The maximum Gasteiger partial charge on any atom is 0.213 e. The molecule has 0 aromatic heterocycles. The smallest absolute Gasteiger partial charge is 0.212 e. The Morgan fingerprint density at radius 1 is 1.17 bits per heavy atom. The number of likely N-dealkylation sites (N-methyl/N-ethyl adjacent to an activating group) is 1. The lowest BCUT2D eigenvalue weighted by molar-refractivity contribution is 0.372. The van der Waals surface area contributed by atoms with Crippen LogP contribution in [-0.4, -0.2) is 32.1 Å². The van der Waals surface area contributed by atoms with Crippen molar-refractivity contribution >= 4 is 10.0 Å². The molecule has 0 bridgehead atoms. The van der Waals surface area contributed by atoms with Gasteiger partial charge in [0, 0.05) is 19.0 Å². The first-order chi connectivity index (χ1) is 8.29. The van der Waals surface area contributed by atoms with Crippen LogP contribution in [0.1, 0.15) is 32.8 Å². The summed E-state index contributed by atoms with van der Waals surface area (Å²) in [5.74, 6) is 0.217. The highest BCUT2D eigenvalue weighted by Crippen LogP contribution is 2.24. The van der Waals surface area contributed by atoms with Crippen LogP contribution in [0.2, 0.25) is 0 Å². The Bertz CT molecular complexity index is 466. The summed E-state index contributed by atoms with van der Waals surface area (Å²) >= 11 is 0. The van der Waals surface area contributed by atoms with Crippen LogP contribution in [0.15, 0.2) is 30.3 Å². The van der Waals surface area contributed by atoms with Gasteiger partial charge in [0.2, 0.25) is 10.0 Å². The normalized spacial score (nSPS) is 12.9. The Kier molecular flexibility index (Phi) is 4.93. The Balaban J connectivity index is 2.84. The summed E-state index contributed by atoms with van der Waals surface area (Å²) in [6.45, 7) is 6.52. The molecule has 0 unspecified atom stereocenters. The van der Waals surface area contributed by atoms with Crippen LogP contribution in [0.5, 0.6) is 0 Å². The van der Waals surface area contributed by atoms with E-state index in [1.807, 2.05) is 37.3 Å². The van der Waals surface area contributed by atoms with Gasteiger partial charge in [-0.25, -0.2) is 12.7 Å². The molecule has 0 N–H and O–H groups in total. The summed E-state index contributed by atoms with van der Waals surface area (Å²) in [7, 11) is -1.46. The molecular weight excluding hydrogens is 246 g/mol. The zero-order valence-corrected chi connectivity index (χ0v) is 12.5. The van der Waals surface area contributed by atoms with E-state index in [-0.39, 0.29) is 11.2 Å². The van der Waals surface area contributed by atoms with Crippen molar-refractivity contribution in [1.29, 1.82) is 0 Å². The van der Waals surface area contributed by atoms with E-state index in [9.17, 15) is 8.42 Å². The van der Waals surface area contributed by atoms with E-state index in [2.05, 4.69) is 13.8 Å². The molecule has 1 aromatic rings. The summed E-state index contributed by atoms with van der Waals surface area (Å²) < 4.78 is 25.4. The quantitative estimate of drug-likeness (QED) is 0.796. The second kappa shape index (κ2) is 5.85. The van der Waals surface area contributed by atoms with Gasteiger partial charge in [0.05, 0.1) is 5.75 Å². The number of hydrogen-bond donors (Lipinski definition) is 0. The lowest BCUT2D eigenvalue weighted by atomic mass is 9.85. The summed E-state index contributed by atoms with van der Waals surface area (Å²) in [6.07, 6.45) is 0.651. The van der Waals surface area contributed by atoms with Crippen molar-refractivity contribution < 1.29 is 8.42 Å². The van der Waals surface area contributed by atoms with E-state index in [0.717, 1.165) is 5.56 Å². The van der Waals surface area contributed by atoms with Gasteiger partial charge >= 0.3 is 0 Å². The van der Waals surface area contributed by atoms with Crippen molar-refractivity contribution in [1.82, 2.24) is 4.31 Å². The Morgan fingerprint density at radius 2 is 1.72 bits per heavy atom. The minimum Gasteiger partial charge on any atom is -0.212 e. The first kappa shape index (κ1) is 15.2. The fraction of sp³-hybridized carbons (Fsp3) is 0.571. The maximum absolute atomic E-state index is 12.0. The lowest BCUT2D eigenvalue weighted by Gasteiger charge is -2.30. The first-order valence-corrected chi connectivity index (χ1v) is 7.90. The predicted molar refractivity (Wildman–Crippen MR) is 76.2 cm³/mol. The highest BCUT2D eigenvalue weighted by Gasteiger charge is 2.27. The first-order valence-electron chi connectivity index (χ1n) is 6.29. The molecule has 3 nitrogen and oxygen atoms in total. The van der Waals surface area contributed by atoms with Gasteiger partial charge in [0.1, 0.15) is 0 Å². The van der Waals surface area contributed by atoms with Crippen LogP contribution in [0, 0.1) is 0 Å². The van der Waals surface area contributed by atoms with E-state index in [1.54, 1.807) is 7.05 Å². The molecule has 0 aliphatic heterocycles. The summed E-state index contributed by atoms with van der Waals surface area (Å²) in [6, 6.07) is 10.0. The molecule has 102 valence electrons. The Morgan fingerprint density at radius 3 is 2.22 bits per heavy atom. The van der Waals surface area contributed by atoms with Crippen LogP contribution in [0.3, 0.4) is 0 Å². The SMILES string of the molecule is CCCS(=O)(=O)N(C)CC(C)(C)c1ccccc1. The minimum atomic E-state index is -3.12. The molecule has 4 heteroatoms. The van der Waals surface area contributed by atoms with Crippen LogP contribution in [0.4, 0.5) is 0 Å². The standard InChI is InChI=1S/C14H23NO2S/c1-5-11-18(16,17)15(4)12-14(2,3)13-9-7-6-8-10-13/h6-10H,5,11-12H2,1-4H3. The third-order valence-corrected chi connectivity index (χ3v) is 5.11. The third-order valence-electron chi connectivity index (χ3n) is 3.11. The monoisotopic (exact) mass is 269 g/mol. The zero-order chi connectivity index (χ0) is 13.8. The minimum absolute atomic E-state index is 0.184. The molecule has 18 heavy (non-hydrogen) atoms. The number of hydrogen-bond acceptors (Lipinski definition) is 2. The average molecular weight is 269 g/mol. The molecule has 0 aliphatic carbocycles. The van der Waals surface area contributed by atoms with Crippen molar-refractivity contribution in [3.8, 4) is 0 Å². The summed E-state index contributed by atoms with van der Waals surface area (Å²) in [4.78, 5) is 0. The molecule has 1 rings (SSSR count). The van der Waals surface area contributed by atoms with Crippen LogP contribution in [-0.2, 0) is 15.4 Å². The molecule has 0 spiro atoms. The highest BCUT2D eigenvalue weighted by molar-refractivity contribution is 7.89. The van der Waals surface area contributed by atoms with Gasteiger partial charge in [-0.1, -0.05) is 51.1 Å². The molecular formula is C14H23NO2S. The number of benzene rings is 1. The van der Waals surface area contributed by atoms with Crippen LogP contribution < -0.4 is 0 Å². The predicted octanol–water partition coefficient (Wildman–Crippen LogP) is 2.64. The van der Waals surface area contributed by atoms with Gasteiger partial charge in [-0.3, -0.25) is 0 Å². The highest BCUT2D eigenvalue weighted by atomic mass is 32.2. The van der Waals surface area contributed by atoms with Crippen LogP contribution in [0.25, 0.3) is 0 Å². The third kappa shape index (κ3) is 3.82. The molecule has 1 aromatic carbocycles. The number of nitrogens with zero attached hydrogens (tertiary/aromatic N) is 1. The van der Waals surface area contributed by atoms with Crippen molar-refractivity contribution in [2.24, 2.45) is 0 Å². The maximum atomic E-state index is 12.0. The van der Waals surface area contributed by atoms with E-state index < -0.39 is 10.0 Å². The molecule has 0 atom stereocenters. The summed E-state index contributed by atoms with van der Waals surface area (Å²) in [5.41, 5.74) is 0.972. The van der Waals surface area contributed by atoms with Crippen molar-refractivity contribution in [2.75, 3.05) is 19.3 Å². The largest absolute Gasteiger partial charge is 0.213 e. The van der Waals surface area contributed by atoms with Gasteiger partial charge in [0.15, 0.2) is 0 Å². The van der Waals surface area contributed by atoms with E-state index in [1.165, 1.54) is 4.31 Å². The van der Waals surface area contributed by atoms with Gasteiger partial charge in [-0.2, -0.15) is 0 Å². The fourth-order valence-corrected chi connectivity index (χ4v) is 3.40. The fourth-order valence-electron chi connectivity index (χ4n) is 2.05. The average Bonchev–Trinajstić information content (AvgIpc) is 2.29. The van der Waals surface area contributed by atoms with Crippen molar-refractivity contribution in [2.45, 2.75) is 32.6 Å². The van der Waals surface area contributed by atoms with Crippen molar-refractivity contribution in [3.05, 3.63) is 35.9 Å². The second-order valence-corrected chi connectivity index (χ2v) is 7.52. The Hall–Kier alpha value is -0.870. The molecule has 0 fully saturated rings. The van der Waals surface area contributed by atoms with Crippen molar-refractivity contribution in [3.63, 3.8) is 0 Å². The lowest BCUT2D eigenvalue weighted by Crippen LogP contribution is -2.39. The molecule has 0 aliphatic rings. The van der Waals surface area contributed by atoms with E-state index in [4.69, 9.17) is 0 Å². The molecule has 0 saturated heterocycles. The van der Waals surface area contributed by atoms with Gasteiger partial charge in [-0.15, -0.1) is 0 Å². The number of rotatable bonds is 6. The molecule has 0 amide bonds. The van der Waals surface area contributed by atoms with Gasteiger partial charge in [0.25, 0.3) is 0 Å². The topological polar surface area (TPSA) is 37.4 Å². The van der Waals surface area contributed by atoms with Crippen LogP contribution >= 0.6 is 0 Å². The Labute approximate surface area is 111 Å². The summed E-state index contributed by atoms with van der Waals surface area (Å²) in [5, 5.41) is 0. The molecule has 0 heterocycles. The van der Waals surface area contributed by atoms with Gasteiger partial charge < -0.3 is 0 Å². The van der Waals surface area contributed by atoms with E-state index in [0.29, 0.717) is 13.0 Å². The van der Waals surface area contributed by atoms with E-state index >= 15 is 0 Å².